The van der Waals surface area contributed by atoms with E-state index in [9.17, 15) is 9.70 Å². The van der Waals surface area contributed by atoms with Crippen LogP contribution in [0.25, 0.3) is 0 Å². The molecular formula is C33H39N3O4. The second kappa shape index (κ2) is 11.1. The van der Waals surface area contributed by atoms with Crippen LogP contribution in [0.4, 0.5) is 0 Å². The van der Waals surface area contributed by atoms with Crippen molar-refractivity contribution >= 4 is 5.91 Å². The zero-order valence-electron chi connectivity index (χ0n) is 24.1. The number of carbonyl (C=O) groups excluding carboxylic acids is 1. The number of amides is 1. The first-order valence-electron chi connectivity index (χ1n) is 14.1. The van der Waals surface area contributed by atoms with Gasteiger partial charge in [0.05, 0.1) is 18.2 Å². The van der Waals surface area contributed by atoms with Crippen LogP contribution < -0.4 is 10.1 Å². The minimum atomic E-state index is -0.987. The fraction of sp³-hybridized carbons (Fsp3) is 0.424. The summed E-state index contributed by atoms with van der Waals surface area (Å²) >= 11 is 0. The number of benzene rings is 3. The Kier molecular flexibility index (Phi) is 7.80. The first-order chi connectivity index (χ1) is 19.1. The minimum Gasteiger partial charge on any atom is -0.491 e. The second-order valence-corrected chi connectivity index (χ2v) is 11.9. The van der Waals surface area contributed by atoms with Gasteiger partial charge in [0.1, 0.15) is 11.5 Å². The number of hydrogen-bond acceptors (Lipinski definition) is 6. The predicted molar refractivity (Wildman–Crippen MR) is 156 cm³/mol. The molecule has 3 aromatic rings. The number of nitroso groups, excluding NO2 is 1. The van der Waals surface area contributed by atoms with E-state index < -0.39 is 6.17 Å². The summed E-state index contributed by atoms with van der Waals surface area (Å²) in [7, 11) is 0. The highest BCUT2D eigenvalue weighted by Crippen LogP contribution is 2.44. The van der Waals surface area contributed by atoms with Crippen molar-refractivity contribution in [2.24, 2.45) is 5.18 Å². The molecule has 1 aliphatic carbocycles. The van der Waals surface area contributed by atoms with Crippen molar-refractivity contribution in [3.05, 3.63) is 105 Å². The third kappa shape index (κ3) is 5.67. The minimum absolute atomic E-state index is 0.0393. The Hall–Kier alpha value is -3.55. The Morgan fingerprint density at radius 1 is 1.07 bits per heavy atom. The van der Waals surface area contributed by atoms with Gasteiger partial charge < -0.3 is 14.8 Å². The molecule has 1 aliphatic heterocycles. The third-order valence-electron chi connectivity index (χ3n) is 8.20. The number of nitrogens with zero attached hydrogens (tertiary/aromatic N) is 2. The van der Waals surface area contributed by atoms with Crippen molar-refractivity contribution in [1.82, 2.24) is 10.2 Å². The van der Waals surface area contributed by atoms with Gasteiger partial charge in [-0.2, -0.15) is 0 Å². The van der Waals surface area contributed by atoms with Crippen LogP contribution in [0.1, 0.15) is 78.5 Å². The Bertz CT molecular complexity index is 1390. The first-order valence-corrected chi connectivity index (χ1v) is 14.1. The molecule has 1 heterocycles. The van der Waals surface area contributed by atoms with Gasteiger partial charge in [0.15, 0.2) is 6.17 Å². The summed E-state index contributed by atoms with van der Waals surface area (Å²) in [6.45, 7) is 11.6. The molecule has 2 unspecified atom stereocenters. The summed E-state index contributed by atoms with van der Waals surface area (Å²) in [5.74, 6) is 0.388. The van der Waals surface area contributed by atoms with Gasteiger partial charge in [-0.05, 0) is 99.5 Å². The van der Waals surface area contributed by atoms with Gasteiger partial charge in [0.2, 0.25) is 0 Å². The standard InChI is InChI=1S/C33H39N3O4/c1-22(2)40-29-14-13-27(17-23(29)3)31(37)34-30(35-38)26-12-11-25-15-16-33(19-28(25)18-26)21-39-32(4,5)36(33)20-24-9-7-6-8-10-24/h6-14,17-18,22,30H,15-16,19-21H2,1-5H3,(H,34,37). The van der Waals surface area contributed by atoms with E-state index in [2.05, 4.69) is 59.6 Å². The van der Waals surface area contributed by atoms with Gasteiger partial charge in [-0.3, -0.25) is 9.69 Å². The largest absolute Gasteiger partial charge is 0.491 e. The van der Waals surface area contributed by atoms with Gasteiger partial charge in [-0.25, -0.2) is 0 Å². The molecule has 1 spiro atoms. The molecule has 0 aromatic heterocycles. The van der Waals surface area contributed by atoms with Crippen molar-refractivity contribution in [3.8, 4) is 5.75 Å². The fourth-order valence-electron chi connectivity index (χ4n) is 6.11. The van der Waals surface area contributed by atoms with E-state index in [-0.39, 0.29) is 23.3 Å². The molecule has 5 rings (SSSR count). The Labute approximate surface area is 236 Å². The predicted octanol–water partition coefficient (Wildman–Crippen LogP) is 6.47. The van der Waals surface area contributed by atoms with Crippen LogP contribution in [0, 0.1) is 11.8 Å². The molecule has 40 heavy (non-hydrogen) atoms. The van der Waals surface area contributed by atoms with Crippen LogP contribution in [-0.2, 0) is 24.1 Å². The molecule has 2 aliphatic rings. The summed E-state index contributed by atoms with van der Waals surface area (Å²) < 4.78 is 12.1. The van der Waals surface area contributed by atoms with E-state index in [0.717, 1.165) is 37.1 Å². The molecule has 1 N–H and O–H groups in total. The molecule has 0 saturated carbocycles. The van der Waals surface area contributed by atoms with Gasteiger partial charge >= 0.3 is 0 Å². The van der Waals surface area contributed by atoms with Crippen LogP contribution in [0.15, 0.2) is 71.9 Å². The Morgan fingerprint density at radius 3 is 2.55 bits per heavy atom. The number of hydrogen-bond donors (Lipinski definition) is 1. The first kappa shape index (κ1) is 28.0. The normalized spacial score (nSPS) is 20.8. The van der Waals surface area contributed by atoms with E-state index >= 15 is 0 Å². The number of carbonyl (C=O) groups is 1. The molecule has 1 fully saturated rings. The number of nitrogens with one attached hydrogen (secondary N) is 1. The van der Waals surface area contributed by atoms with E-state index in [1.165, 1.54) is 16.7 Å². The monoisotopic (exact) mass is 541 g/mol. The van der Waals surface area contributed by atoms with Crippen LogP contribution in [0.3, 0.4) is 0 Å². The summed E-state index contributed by atoms with van der Waals surface area (Å²) in [5.41, 5.74) is 5.17. The van der Waals surface area contributed by atoms with Crippen molar-refractivity contribution in [1.29, 1.82) is 0 Å². The lowest BCUT2D eigenvalue weighted by molar-refractivity contribution is -0.0673. The molecule has 3 aromatic carbocycles. The van der Waals surface area contributed by atoms with Crippen LogP contribution >= 0.6 is 0 Å². The lowest BCUT2D eigenvalue weighted by Crippen LogP contribution is -2.54. The highest BCUT2D eigenvalue weighted by atomic mass is 16.5. The van der Waals surface area contributed by atoms with Crippen LogP contribution in [0.2, 0.25) is 0 Å². The molecule has 210 valence electrons. The van der Waals surface area contributed by atoms with Crippen molar-refractivity contribution in [3.63, 3.8) is 0 Å². The van der Waals surface area contributed by atoms with E-state index in [0.29, 0.717) is 17.7 Å². The average Bonchev–Trinajstić information content (AvgIpc) is 3.17. The molecule has 0 radical (unpaired) electrons. The Morgan fingerprint density at radius 2 is 1.85 bits per heavy atom. The molecule has 0 bridgehead atoms. The topological polar surface area (TPSA) is 80.2 Å². The summed E-state index contributed by atoms with van der Waals surface area (Å²) in [6, 6.07) is 21.8. The molecule has 7 heteroatoms. The van der Waals surface area contributed by atoms with E-state index in [1.54, 1.807) is 18.2 Å². The van der Waals surface area contributed by atoms with Gasteiger partial charge in [-0.1, -0.05) is 48.5 Å². The van der Waals surface area contributed by atoms with Gasteiger partial charge in [-0.15, -0.1) is 4.91 Å². The fourth-order valence-corrected chi connectivity index (χ4v) is 6.11. The molecule has 1 amide bonds. The summed E-state index contributed by atoms with van der Waals surface area (Å²) in [5, 5.41) is 6.11. The average molecular weight is 542 g/mol. The summed E-state index contributed by atoms with van der Waals surface area (Å²) in [6.07, 6.45) is 1.78. The number of ether oxygens (including phenoxy) is 2. The van der Waals surface area contributed by atoms with E-state index in [1.807, 2.05) is 39.0 Å². The maximum Gasteiger partial charge on any atom is 0.253 e. The van der Waals surface area contributed by atoms with E-state index in [4.69, 9.17) is 9.47 Å². The highest BCUT2D eigenvalue weighted by Gasteiger charge is 2.52. The lowest BCUT2D eigenvalue weighted by Gasteiger charge is -2.45. The van der Waals surface area contributed by atoms with Gasteiger partial charge in [0.25, 0.3) is 5.91 Å². The van der Waals surface area contributed by atoms with Crippen molar-refractivity contribution in [2.75, 3.05) is 6.61 Å². The zero-order chi connectivity index (χ0) is 28.5. The maximum atomic E-state index is 13.1. The second-order valence-electron chi connectivity index (χ2n) is 11.9. The van der Waals surface area contributed by atoms with Gasteiger partial charge in [0, 0.05) is 17.7 Å². The van der Waals surface area contributed by atoms with Crippen LogP contribution in [0.5, 0.6) is 5.75 Å². The van der Waals surface area contributed by atoms with Crippen molar-refractivity contribution in [2.45, 2.75) is 84.0 Å². The number of fused-ring (bicyclic) bond motifs is 1. The highest BCUT2D eigenvalue weighted by molar-refractivity contribution is 5.94. The lowest BCUT2D eigenvalue weighted by atomic mass is 9.76. The summed E-state index contributed by atoms with van der Waals surface area (Å²) in [4.78, 5) is 27.5. The molecule has 7 nitrogen and oxygen atoms in total. The quantitative estimate of drug-likeness (QED) is 0.331. The maximum absolute atomic E-state index is 13.1. The molecular weight excluding hydrogens is 502 g/mol. The molecule has 2 atom stereocenters. The van der Waals surface area contributed by atoms with Crippen molar-refractivity contribution < 1.29 is 14.3 Å². The number of aryl methyl sites for hydroxylation is 2. The SMILES string of the molecule is Cc1cc(C(=O)NC(N=O)c2ccc3c(c2)CC2(CC3)COC(C)(C)N2Cc2ccccc2)ccc1OC(C)C. The zero-order valence-corrected chi connectivity index (χ0v) is 24.1. The smallest absolute Gasteiger partial charge is 0.253 e. The molecule has 1 saturated heterocycles. The Balaban J connectivity index is 1.36. The number of rotatable bonds is 8. The third-order valence-corrected chi connectivity index (χ3v) is 8.20. The van der Waals surface area contributed by atoms with Crippen LogP contribution in [-0.4, -0.2) is 34.8 Å².